The Labute approximate surface area is 103 Å². The lowest BCUT2D eigenvalue weighted by atomic mass is 10.1. The molecule has 0 fully saturated rings. The third-order valence-corrected chi connectivity index (χ3v) is 2.40. The van der Waals surface area contributed by atoms with Crippen LogP contribution < -0.4 is 5.32 Å². The van der Waals surface area contributed by atoms with Crippen molar-refractivity contribution < 1.29 is 9.53 Å². The van der Waals surface area contributed by atoms with E-state index >= 15 is 0 Å². The molecule has 0 aliphatic heterocycles. The molecule has 0 atom stereocenters. The Kier molecular flexibility index (Phi) is 5.70. The summed E-state index contributed by atoms with van der Waals surface area (Å²) in [5.74, 6) is -0.244. The number of esters is 1. The summed E-state index contributed by atoms with van der Waals surface area (Å²) in [5, 5.41) is 3.35. The molecule has 0 heterocycles. The van der Waals surface area contributed by atoms with Crippen LogP contribution in [0.3, 0.4) is 0 Å². The van der Waals surface area contributed by atoms with Gasteiger partial charge in [-0.1, -0.05) is 26.0 Å². The van der Waals surface area contributed by atoms with Crippen molar-refractivity contribution >= 4 is 5.97 Å². The molecule has 1 rings (SSSR count). The van der Waals surface area contributed by atoms with Gasteiger partial charge in [0.25, 0.3) is 0 Å². The number of ether oxygens (including phenoxy) is 1. The molecule has 1 aromatic carbocycles. The Bertz CT molecular complexity index is 361. The predicted molar refractivity (Wildman–Crippen MR) is 69.2 cm³/mol. The quantitative estimate of drug-likeness (QED) is 0.769. The summed E-state index contributed by atoms with van der Waals surface area (Å²) in [6.45, 7) is 7.39. The van der Waals surface area contributed by atoms with Gasteiger partial charge in [0.1, 0.15) is 0 Å². The van der Waals surface area contributed by atoms with Gasteiger partial charge in [-0.2, -0.15) is 0 Å². The first-order chi connectivity index (χ1) is 8.13. The van der Waals surface area contributed by atoms with Crippen LogP contribution in [0.1, 0.15) is 36.7 Å². The fourth-order valence-corrected chi connectivity index (χ4v) is 1.57. The second-order valence-corrected chi connectivity index (χ2v) is 4.28. The van der Waals surface area contributed by atoms with Crippen LogP contribution in [-0.4, -0.2) is 25.2 Å². The molecule has 1 N–H and O–H groups in total. The number of hydrogen-bond donors (Lipinski definition) is 1. The minimum absolute atomic E-state index is 0.244. The maximum Gasteiger partial charge on any atom is 0.338 e. The van der Waals surface area contributed by atoms with E-state index in [0.717, 1.165) is 18.5 Å². The van der Waals surface area contributed by atoms with Crippen molar-refractivity contribution in [2.45, 2.75) is 33.2 Å². The van der Waals surface area contributed by atoms with Crippen LogP contribution in [0.2, 0.25) is 0 Å². The molecule has 0 saturated carbocycles. The van der Waals surface area contributed by atoms with E-state index < -0.39 is 0 Å². The standard InChI is InChI=1S/C14H21NO2/c1-4-17-14(16)13-7-5-6-12(10-13)8-9-15-11(2)3/h5-7,10-11,15H,4,8-9H2,1-3H3. The minimum Gasteiger partial charge on any atom is -0.462 e. The van der Waals surface area contributed by atoms with E-state index in [2.05, 4.69) is 19.2 Å². The fraction of sp³-hybridized carbons (Fsp3) is 0.500. The van der Waals surface area contributed by atoms with Crippen molar-refractivity contribution in [3.05, 3.63) is 35.4 Å². The van der Waals surface area contributed by atoms with E-state index in [-0.39, 0.29) is 5.97 Å². The molecular weight excluding hydrogens is 214 g/mol. The third-order valence-electron chi connectivity index (χ3n) is 2.40. The summed E-state index contributed by atoms with van der Waals surface area (Å²) in [6.07, 6.45) is 0.922. The van der Waals surface area contributed by atoms with Gasteiger partial charge in [0.15, 0.2) is 0 Å². The van der Waals surface area contributed by atoms with Crippen LogP contribution in [0.15, 0.2) is 24.3 Å². The van der Waals surface area contributed by atoms with Gasteiger partial charge in [-0.05, 0) is 37.6 Å². The molecule has 0 radical (unpaired) electrons. The lowest BCUT2D eigenvalue weighted by Gasteiger charge is -2.08. The molecule has 0 aromatic heterocycles. The number of hydrogen-bond acceptors (Lipinski definition) is 3. The van der Waals surface area contributed by atoms with Crippen molar-refractivity contribution in [2.75, 3.05) is 13.2 Å². The first-order valence-electron chi connectivity index (χ1n) is 6.13. The number of rotatable bonds is 6. The molecule has 94 valence electrons. The van der Waals surface area contributed by atoms with Crippen LogP contribution in [0.4, 0.5) is 0 Å². The minimum atomic E-state index is -0.244. The molecule has 1 aromatic rings. The maximum absolute atomic E-state index is 11.5. The van der Waals surface area contributed by atoms with Crippen LogP contribution in [0, 0.1) is 0 Å². The monoisotopic (exact) mass is 235 g/mol. The average Bonchev–Trinajstić information content (AvgIpc) is 2.29. The van der Waals surface area contributed by atoms with Crippen molar-refractivity contribution in [2.24, 2.45) is 0 Å². The maximum atomic E-state index is 11.5. The molecule has 3 nitrogen and oxygen atoms in total. The van der Waals surface area contributed by atoms with Gasteiger partial charge in [-0.25, -0.2) is 4.79 Å². The second-order valence-electron chi connectivity index (χ2n) is 4.28. The van der Waals surface area contributed by atoms with Crippen LogP contribution in [0.25, 0.3) is 0 Å². The summed E-state index contributed by atoms with van der Waals surface area (Å²) in [7, 11) is 0. The topological polar surface area (TPSA) is 38.3 Å². The lowest BCUT2D eigenvalue weighted by molar-refractivity contribution is 0.0526. The highest BCUT2D eigenvalue weighted by atomic mass is 16.5. The third kappa shape index (κ3) is 5.00. The van der Waals surface area contributed by atoms with Crippen molar-refractivity contribution in [1.82, 2.24) is 5.32 Å². The van der Waals surface area contributed by atoms with Crippen molar-refractivity contribution in [3.63, 3.8) is 0 Å². The zero-order valence-corrected chi connectivity index (χ0v) is 10.8. The first-order valence-corrected chi connectivity index (χ1v) is 6.13. The number of carbonyl (C=O) groups excluding carboxylic acids is 1. The molecule has 0 bridgehead atoms. The Morgan fingerprint density at radius 2 is 2.18 bits per heavy atom. The molecule has 17 heavy (non-hydrogen) atoms. The van der Waals surface area contributed by atoms with E-state index in [1.165, 1.54) is 0 Å². The highest BCUT2D eigenvalue weighted by molar-refractivity contribution is 5.89. The van der Waals surface area contributed by atoms with E-state index in [0.29, 0.717) is 18.2 Å². The largest absolute Gasteiger partial charge is 0.462 e. The van der Waals surface area contributed by atoms with E-state index in [4.69, 9.17) is 4.74 Å². The van der Waals surface area contributed by atoms with E-state index in [1.807, 2.05) is 25.1 Å². The van der Waals surface area contributed by atoms with Gasteiger partial charge in [-0.15, -0.1) is 0 Å². The van der Waals surface area contributed by atoms with Gasteiger partial charge in [0.2, 0.25) is 0 Å². The predicted octanol–water partition coefficient (Wildman–Crippen LogP) is 2.40. The Hall–Kier alpha value is -1.35. The smallest absolute Gasteiger partial charge is 0.338 e. The highest BCUT2D eigenvalue weighted by Crippen LogP contribution is 2.07. The second kappa shape index (κ2) is 7.07. The Balaban J connectivity index is 2.56. The molecule has 0 amide bonds. The Morgan fingerprint density at radius 3 is 2.82 bits per heavy atom. The molecule has 0 spiro atoms. The van der Waals surface area contributed by atoms with Crippen LogP contribution >= 0.6 is 0 Å². The number of benzene rings is 1. The zero-order chi connectivity index (χ0) is 12.7. The first kappa shape index (κ1) is 13.7. The number of carbonyl (C=O) groups is 1. The molecule has 3 heteroatoms. The van der Waals surface area contributed by atoms with Gasteiger partial charge >= 0.3 is 5.97 Å². The number of nitrogens with one attached hydrogen (secondary N) is 1. The van der Waals surface area contributed by atoms with Crippen molar-refractivity contribution in [1.29, 1.82) is 0 Å². The summed E-state index contributed by atoms with van der Waals surface area (Å²) in [5.41, 5.74) is 1.79. The van der Waals surface area contributed by atoms with Gasteiger partial charge in [0, 0.05) is 6.04 Å². The summed E-state index contributed by atoms with van der Waals surface area (Å²) < 4.78 is 4.97. The summed E-state index contributed by atoms with van der Waals surface area (Å²) in [6, 6.07) is 8.11. The van der Waals surface area contributed by atoms with Crippen molar-refractivity contribution in [3.8, 4) is 0 Å². The van der Waals surface area contributed by atoms with Crippen LogP contribution in [-0.2, 0) is 11.2 Å². The lowest BCUT2D eigenvalue weighted by Crippen LogP contribution is -2.25. The summed E-state index contributed by atoms with van der Waals surface area (Å²) >= 11 is 0. The molecule has 0 unspecified atom stereocenters. The van der Waals surface area contributed by atoms with E-state index in [1.54, 1.807) is 6.07 Å². The molecule has 0 aliphatic rings. The van der Waals surface area contributed by atoms with Gasteiger partial charge < -0.3 is 10.1 Å². The summed E-state index contributed by atoms with van der Waals surface area (Å²) in [4.78, 5) is 11.5. The SMILES string of the molecule is CCOC(=O)c1cccc(CCNC(C)C)c1. The fourth-order valence-electron chi connectivity index (χ4n) is 1.57. The van der Waals surface area contributed by atoms with Gasteiger partial charge in [0.05, 0.1) is 12.2 Å². The highest BCUT2D eigenvalue weighted by Gasteiger charge is 2.06. The zero-order valence-electron chi connectivity index (χ0n) is 10.8. The molecule has 0 aliphatic carbocycles. The van der Waals surface area contributed by atoms with Crippen LogP contribution in [0.5, 0.6) is 0 Å². The normalized spacial score (nSPS) is 10.6. The molecular formula is C14H21NO2. The van der Waals surface area contributed by atoms with Gasteiger partial charge in [-0.3, -0.25) is 0 Å². The Morgan fingerprint density at radius 1 is 1.41 bits per heavy atom. The molecule has 0 saturated heterocycles. The average molecular weight is 235 g/mol. The van der Waals surface area contributed by atoms with E-state index in [9.17, 15) is 4.79 Å².